The first-order chi connectivity index (χ1) is 9.27. The van der Waals surface area contributed by atoms with Crippen LogP contribution < -0.4 is 0 Å². The van der Waals surface area contributed by atoms with Crippen LogP contribution in [0.5, 0.6) is 0 Å². The van der Waals surface area contributed by atoms with Gasteiger partial charge in [-0.1, -0.05) is 12.1 Å². The number of carbonyl (C=O) groups is 2. The summed E-state index contributed by atoms with van der Waals surface area (Å²) in [6, 6.07) is 6.62. The number of fused-ring (bicyclic) bond motifs is 1. The van der Waals surface area contributed by atoms with Gasteiger partial charge in [-0.3, -0.25) is 14.4 Å². The fourth-order valence-electron chi connectivity index (χ4n) is 1.93. The average molecular weight is 261 g/mol. The van der Waals surface area contributed by atoms with Crippen molar-refractivity contribution in [1.82, 2.24) is 5.06 Å². The first kappa shape index (κ1) is 11.7. The second-order valence-electron chi connectivity index (χ2n) is 4.05. The van der Waals surface area contributed by atoms with Gasteiger partial charge in [0.2, 0.25) is 6.29 Å². The van der Waals surface area contributed by atoms with E-state index in [0.717, 1.165) is 5.06 Å². The van der Waals surface area contributed by atoms with Crippen LogP contribution in [0.4, 0.5) is 0 Å². The highest BCUT2D eigenvalue weighted by molar-refractivity contribution is 6.20. The van der Waals surface area contributed by atoms with Crippen molar-refractivity contribution >= 4 is 11.8 Å². The van der Waals surface area contributed by atoms with E-state index < -0.39 is 18.1 Å². The summed E-state index contributed by atoms with van der Waals surface area (Å²) in [7, 11) is 0. The highest BCUT2D eigenvalue weighted by Gasteiger charge is 2.36. The molecule has 0 saturated carbocycles. The molecule has 2 aliphatic heterocycles. The lowest BCUT2D eigenvalue weighted by molar-refractivity contribution is -0.115. The van der Waals surface area contributed by atoms with Gasteiger partial charge in [0.1, 0.15) is 12.5 Å². The van der Waals surface area contributed by atoms with Crippen molar-refractivity contribution in [3.05, 3.63) is 47.9 Å². The van der Waals surface area contributed by atoms with Crippen LogP contribution in [0.25, 0.3) is 0 Å². The van der Waals surface area contributed by atoms with Gasteiger partial charge >= 0.3 is 0 Å². The lowest BCUT2D eigenvalue weighted by atomic mass is 10.1. The zero-order valence-corrected chi connectivity index (χ0v) is 9.94. The smallest absolute Gasteiger partial charge is 0.285 e. The number of ether oxygens (including phenoxy) is 2. The van der Waals surface area contributed by atoms with E-state index in [2.05, 4.69) is 0 Å². The summed E-state index contributed by atoms with van der Waals surface area (Å²) in [6.45, 7) is 0.151. The van der Waals surface area contributed by atoms with E-state index in [1.54, 1.807) is 24.3 Å². The second-order valence-corrected chi connectivity index (χ2v) is 4.05. The van der Waals surface area contributed by atoms with Crippen molar-refractivity contribution in [2.45, 2.75) is 12.7 Å². The molecule has 1 aromatic rings. The Balaban J connectivity index is 1.61. The molecule has 0 bridgehead atoms. The molecule has 2 heterocycles. The van der Waals surface area contributed by atoms with E-state index in [-0.39, 0.29) is 6.61 Å². The summed E-state index contributed by atoms with van der Waals surface area (Å²) in [5, 5.41) is 0.785. The summed E-state index contributed by atoms with van der Waals surface area (Å²) < 4.78 is 10.1. The molecule has 0 atom stereocenters. The molecule has 3 rings (SSSR count). The molecule has 2 aliphatic rings. The summed E-state index contributed by atoms with van der Waals surface area (Å²) in [5.41, 5.74) is 0.727. The summed E-state index contributed by atoms with van der Waals surface area (Å²) >= 11 is 0. The number of benzene rings is 1. The number of amides is 2. The third kappa shape index (κ3) is 2.06. The second kappa shape index (κ2) is 4.74. The van der Waals surface area contributed by atoms with Crippen LogP contribution in [0, 0.1) is 0 Å². The van der Waals surface area contributed by atoms with Gasteiger partial charge in [0.05, 0.1) is 17.7 Å². The molecule has 98 valence electrons. The number of hydrogen-bond acceptors (Lipinski definition) is 5. The van der Waals surface area contributed by atoms with Crippen LogP contribution in [0.2, 0.25) is 0 Å². The molecule has 0 fully saturated rings. The maximum Gasteiger partial charge on any atom is 0.285 e. The fraction of sp³-hybridized carbons (Fsp3) is 0.231. The van der Waals surface area contributed by atoms with E-state index in [1.165, 1.54) is 12.5 Å². The third-order valence-corrected chi connectivity index (χ3v) is 2.85. The molecule has 0 saturated heterocycles. The Morgan fingerprint density at radius 3 is 2.21 bits per heavy atom. The molecule has 2 amide bonds. The van der Waals surface area contributed by atoms with Crippen molar-refractivity contribution in [2.75, 3.05) is 6.61 Å². The molecular weight excluding hydrogens is 250 g/mol. The molecule has 1 aromatic carbocycles. The molecule has 6 nitrogen and oxygen atoms in total. The van der Waals surface area contributed by atoms with E-state index >= 15 is 0 Å². The van der Waals surface area contributed by atoms with E-state index in [9.17, 15) is 9.59 Å². The fourth-order valence-corrected chi connectivity index (χ4v) is 1.93. The molecule has 0 spiro atoms. The highest BCUT2D eigenvalue weighted by Crippen LogP contribution is 2.22. The summed E-state index contributed by atoms with van der Waals surface area (Å²) in [4.78, 5) is 29.1. The van der Waals surface area contributed by atoms with E-state index in [0.29, 0.717) is 17.5 Å². The SMILES string of the molecule is O=C1c2ccccc2C(=O)N1OCCC1OC=CO1. The quantitative estimate of drug-likeness (QED) is 0.767. The molecular formula is C13H11NO5. The normalized spacial score (nSPS) is 17.6. The lowest BCUT2D eigenvalue weighted by Crippen LogP contribution is -2.31. The Kier molecular flexibility index (Phi) is 2.92. The molecule has 6 heteroatoms. The zero-order chi connectivity index (χ0) is 13.2. The highest BCUT2D eigenvalue weighted by atomic mass is 16.7. The van der Waals surface area contributed by atoms with Crippen LogP contribution in [0.3, 0.4) is 0 Å². The Labute approximate surface area is 109 Å². The van der Waals surface area contributed by atoms with Gasteiger partial charge in [-0.2, -0.15) is 0 Å². The van der Waals surface area contributed by atoms with Crippen LogP contribution >= 0.6 is 0 Å². The maximum absolute atomic E-state index is 11.9. The molecule has 0 radical (unpaired) electrons. The Bertz CT molecular complexity index is 511. The van der Waals surface area contributed by atoms with Gasteiger partial charge in [0, 0.05) is 6.42 Å². The first-order valence-corrected chi connectivity index (χ1v) is 5.84. The van der Waals surface area contributed by atoms with Crippen LogP contribution in [0.15, 0.2) is 36.8 Å². The third-order valence-electron chi connectivity index (χ3n) is 2.85. The zero-order valence-electron chi connectivity index (χ0n) is 9.94. The number of nitrogens with zero attached hydrogens (tertiary/aromatic N) is 1. The van der Waals surface area contributed by atoms with Crippen LogP contribution in [-0.2, 0) is 14.3 Å². The van der Waals surface area contributed by atoms with Gasteiger partial charge in [-0.25, -0.2) is 0 Å². The predicted molar refractivity (Wildman–Crippen MR) is 62.6 cm³/mol. The largest absolute Gasteiger partial charge is 0.459 e. The number of hydrogen-bond donors (Lipinski definition) is 0. The molecule has 0 aromatic heterocycles. The molecule has 19 heavy (non-hydrogen) atoms. The topological polar surface area (TPSA) is 65.1 Å². The Morgan fingerprint density at radius 1 is 1.05 bits per heavy atom. The van der Waals surface area contributed by atoms with Crippen LogP contribution in [0.1, 0.15) is 27.1 Å². The monoisotopic (exact) mass is 261 g/mol. The summed E-state index contributed by atoms with van der Waals surface area (Å²) in [6.07, 6.45) is 2.87. The minimum absolute atomic E-state index is 0.151. The Morgan fingerprint density at radius 2 is 1.63 bits per heavy atom. The van der Waals surface area contributed by atoms with Crippen LogP contribution in [-0.4, -0.2) is 29.8 Å². The van der Waals surface area contributed by atoms with E-state index in [4.69, 9.17) is 14.3 Å². The first-order valence-electron chi connectivity index (χ1n) is 5.84. The lowest BCUT2D eigenvalue weighted by Gasteiger charge is -2.15. The summed E-state index contributed by atoms with van der Waals surface area (Å²) in [5.74, 6) is -0.876. The van der Waals surface area contributed by atoms with Crippen molar-refractivity contribution in [3.8, 4) is 0 Å². The molecule has 0 aliphatic carbocycles. The molecule has 0 N–H and O–H groups in total. The van der Waals surface area contributed by atoms with E-state index in [1.807, 2.05) is 0 Å². The van der Waals surface area contributed by atoms with Crippen molar-refractivity contribution in [3.63, 3.8) is 0 Å². The number of carbonyl (C=O) groups excluding carboxylic acids is 2. The van der Waals surface area contributed by atoms with Gasteiger partial charge in [-0.15, -0.1) is 5.06 Å². The number of imide groups is 1. The van der Waals surface area contributed by atoms with Gasteiger partial charge in [0.25, 0.3) is 11.8 Å². The van der Waals surface area contributed by atoms with Crippen molar-refractivity contribution < 1.29 is 23.9 Å². The van der Waals surface area contributed by atoms with Crippen molar-refractivity contribution in [1.29, 1.82) is 0 Å². The standard InChI is InChI=1S/C13H11NO5/c15-12-9-3-1-2-4-10(9)13(16)14(12)19-6-5-11-17-7-8-18-11/h1-4,7-8,11H,5-6H2. The van der Waals surface area contributed by atoms with Crippen molar-refractivity contribution in [2.24, 2.45) is 0 Å². The van der Waals surface area contributed by atoms with Gasteiger partial charge in [-0.05, 0) is 12.1 Å². The average Bonchev–Trinajstić information content (AvgIpc) is 3.02. The van der Waals surface area contributed by atoms with Gasteiger partial charge < -0.3 is 9.47 Å². The number of rotatable bonds is 4. The predicted octanol–water partition coefficient (Wildman–Crippen LogP) is 1.45. The Hall–Kier alpha value is -2.34. The maximum atomic E-state index is 11.9. The van der Waals surface area contributed by atoms with Gasteiger partial charge in [0.15, 0.2) is 0 Å². The minimum Gasteiger partial charge on any atom is -0.459 e. The number of hydroxylamine groups is 2. The minimum atomic E-state index is -0.438. The molecule has 0 unspecified atom stereocenters.